The number of esters is 1. The first-order chi connectivity index (χ1) is 9.99. The fraction of sp³-hybridized carbons (Fsp3) is 0.357. The Morgan fingerprint density at radius 2 is 1.81 bits per heavy atom. The second-order valence-electron chi connectivity index (χ2n) is 4.05. The third kappa shape index (κ3) is 6.95. The molecule has 0 fully saturated rings. The summed E-state index contributed by atoms with van der Waals surface area (Å²) in [7, 11) is 0. The Balaban J connectivity index is 2.26. The Morgan fingerprint density at radius 3 is 2.43 bits per heavy atom. The van der Waals surface area contributed by atoms with Crippen LogP contribution in [0, 0.1) is 0 Å². The average Bonchev–Trinajstić information content (AvgIpc) is 2.44. The zero-order valence-corrected chi connectivity index (χ0v) is 11.5. The minimum atomic E-state index is -1.11. The van der Waals surface area contributed by atoms with Crippen molar-refractivity contribution in [3.8, 4) is 0 Å². The summed E-state index contributed by atoms with van der Waals surface area (Å²) in [6.45, 7) is 1.30. The number of rotatable bonds is 7. The summed E-state index contributed by atoms with van der Waals surface area (Å²) < 4.78 is 14.2. The van der Waals surface area contributed by atoms with Crippen LogP contribution in [-0.2, 0) is 19.0 Å². The molecule has 7 nitrogen and oxygen atoms in total. The monoisotopic (exact) mass is 296 g/mol. The minimum Gasteiger partial charge on any atom is -0.481 e. The van der Waals surface area contributed by atoms with Crippen molar-refractivity contribution in [2.75, 3.05) is 6.61 Å². The largest absolute Gasteiger partial charge is 0.511 e. The van der Waals surface area contributed by atoms with E-state index in [0.29, 0.717) is 5.56 Å². The maximum Gasteiger partial charge on any atom is 0.511 e. The van der Waals surface area contributed by atoms with Gasteiger partial charge in [0.25, 0.3) is 0 Å². The summed E-state index contributed by atoms with van der Waals surface area (Å²) in [6.07, 6.45) is -2.05. The summed E-state index contributed by atoms with van der Waals surface area (Å²) in [5.41, 5.74) is 0.336. The van der Waals surface area contributed by atoms with Gasteiger partial charge in [-0.3, -0.25) is 4.79 Å². The predicted molar refractivity (Wildman–Crippen MR) is 70.6 cm³/mol. The molecule has 1 rings (SSSR count). The summed E-state index contributed by atoms with van der Waals surface area (Å²) in [4.78, 5) is 33.1. The molecule has 0 saturated heterocycles. The Labute approximate surface area is 121 Å². The Bertz CT molecular complexity index is 483. The SMILES string of the molecule is CC(OC(=O)OCCCC(=O)O)OC(=O)c1ccccc1. The summed E-state index contributed by atoms with van der Waals surface area (Å²) in [5, 5.41) is 8.40. The quantitative estimate of drug-likeness (QED) is 0.467. The zero-order valence-electron chi connectivity index (χ0n) is 11.5. The molecule has 1 aromatic carbocycles. The molecule has 0 aliphatic carbocycles. The van der Waals surface area contributed by atoms with Gasteiger partial charge >= 0.3 is 18.1 Å². The van der Waals surface area contributed by atoms with Crippen LogP contribution >= 0.6 is 0 Å². The normalized spacial score (nSPS) is 11.3. The van der Waals surface area contributed by atoms with Crippen LogP contribution in [0.5, 0.6) is 0 Å². The summed E-state index contributed by atoms with van der Waals surface area (Å²) in [6, 6.07) is 8.25. The maximum atomic E-state index is 11.7. The molecule has 0 heterocycles. The van der Waals surface area contributed by atoms with E-state index in [1.54, 1.807) is 30.3 Å². The van der Waals surface area contributed by atoms with Gasteiger partial charge in [0, 0.05) is 13.3 Å². The van der Waals surface area contributed by atoms with Crippen LogP contribution in [0.1, 0.15) is 30.1 Å². The van der Waals surface area contributed by atoms with Crippen molar-refractivity contribution < 1.29 is 33.7 Å². The van der Waals surface area contributed by atoms with Crippen LogP contribution in [0.2, 0.25) is 0 Å². The molecule has 114 valence electrons. The van der Waals surface area contributed by atoms with Crippen molar-refractivity contribution in [3.63, 3.8) is 0 Å². The smallest absolute Gasteiger partial charge is 0.481 e. The van der Waals surface area contributed by atoms with Crippen LogP contribution in [0.3, 0.4) is 0 Å². The maximum absolute atomic E-state index is 11.7. The number of carbonyl (C=O) groups is 3. The molecule has 1 unspecified atom stereocenters. The topological polar surface area (TPSA) is 99.1 Å². The van der Waals surface area contributed by atoms with Crippen molar-refractivity contribution in [1.82, 2.24) is 0 Å². The second kappa shape index (κ2) is 8.57. The number of carboxylic acid groups (broad SMARTS) is 1. The highest BCUT2D eigenvalue weighted by molar-refractivity contribution is 5.89. The van der Waals surface area contributed by atoms with E-state index in [0.717, 1.165) is 0 Å². The number of benzene rings is 1. The molecule has 21 heavy (non-hydrogen) atoms. The highest BCUT2D eigenvalue weighted by Gasteiger charge is 2.16. The molecule has 7 heteroatoms. The van der Waals surface area contributed by atoms with Crippen LogP contribution in [0.4, 0.5) is 4.79 Å². The third-order valence-electron chi connectivity index (χ3n) is 2.30. The standard InChI is InChI=1S/C14H16O7/c1-10(20-13(17)11-6-3-2-4-7-11)21-14(18)19-9-5-8-12(15)16/h2-4,6-7,10H,5,8-9H2,1H3,(H,15,16). The fourth-order valence-electron chi connectivity index (χ4n) is 1.37. The molecular formula is C14H16O7. The molecule has 0 amide bonds. The van der Waals surface area contributed by atoms with Gasteiger partial charge in [0.05, 0.1) is 12.2 Å². The Morgan fingerprint density at radius 1 is 1.14 bits per heavy atom. The van der Waals surface area contributed by atoms with Gasteiger partial charge in [0.2, 0.25) is 6.29 Å². The van der Waals surface area contributed by atoms with E-state index in [1.807, 2.05) is 0 Å². The van der Waals surface area contributed by atoms with E-state index in [1.165, 1.54) is 6.92 Å². The van der Waals surface area contributed by atoms with Gasteiger partial charge in [-0.15, -0.1) is 0 Å². The molecule has 0 spiro atoms. The van der Waals surface area contributed by atoms with E-state index in [9.17, 15) is 14.4 Å². The van der Waals surface area contributed by atoms with E-state index < -0.39 is 24.4 Å². The lowest BCUT2D eigenvalue weighted by Gasteiger charge is -2.13. The second-order valence-corrected chi connectivity index (χ2v) is 4.05. The van der Waals surface area contributed by atoms with Crippen molar-refractivity contribution in [1.29, 1.82) is 0 Å². The summed E-state index contributed by atoms with van der Waals surface area (Å²) in [5.74, 6) is -1.60. The summed E-state index contributed by atoms with van der Waals surface area (Å²) >= 11 is 0. The van der Waals surface area contributed by atoms with Crippen LogP contribution in [-0.4, -0.2) is 36.1 Å². The van der Waals surface area contributed by atoms with Crippen LogP contribution in [0.25, 0.3) is 0 Å². The fourth-order valence-corrected chi connectivity index (χ4v) is 1.37. The van der Waals surface area contributed by atoms with Gasteiger partial charge in [-0.25, -0.2) is 9.59 Å². The predicted octanol–water partition coefficient (Wildman–Crippen LogP) is 2.21. The molecule has 0 radical (unpaired) electrons. The van der Waals surface area contributed by atoms with Gasteiger partial charge in [-0.1, -0.05) is 18.2 Å². The van der Waals surface area contributed by atoms with E-state index in [2.05, 4.69) is 4.74 Å². The van der Waals surface area contributed by atoms with Gasteiger partial charge in [0.15, 0.2) is 0 Å². The first-order valence-electron chi connectivity index (χ1n) is 6.30. The molecule has 1 N–H and O–H groups in total. The molecule has 1 atom stereocenters. The molecular weight excluding hydrogens is 280 g/mol. The average molecular weight is 296 g/mol. The highest BCUT2D eigenvalue weighted by Crippen LogP contribution is 2.05. The van der Waals surface area contributed by atoms with Crippen LogP contribution < -0.4 is 0 Å². The lowest BCUT2D eigenvalue weighted by atomic mass is 10.2. The number of carbonyl (C=O) groups excluding carboxylic acids is 2. The minimum absolute atomic E-state index is 0.0789. The van der Waals surface area contributed by atoms with Gasteiger partial charge in [-0.2, -0.15) is 0 Å². The van der Waals surface area contributed by atoms with Gasteiger partial charge in [-0.05, 0) is 18.6 Å². The number of hydrogen-bond acceptors (Lipinski definition) is 6. The first kappa shape index (κ1) is 16.5. The van der Waals surface area contributed by atoms with Crippen molar-refractivity contribution >= 4 is 18.1 Å². The van der Waals surface area contributed by atoms with Crippen LogP contribution in [0.15, 0.2) is 30.3 Å². The lowest BCUT2D eigenvalue weighted by Crippen LogP contribution is -2.22. The van der Waals surface area contributed by atoms with Gasteiger partial charge in [0.1, 0.15) is 0 Å². The first-order valence-corrected chi connectivity index (χ1v) is 6.30. The Kier molecular flexibility index (Phi) is 6.73. The molecule has 0 aromatic heterocycles. The highest BCUT2D eigenvalue weighted by atomic mass is 16.8. The number of carboxylic acids is 1. The molecule has 1 aromatic rings. The number of aliphatic carboxylic acids is 1. The van der Waals surface area contributed by atoms with E-state index >= 15 is 0 Å². The van der Waals surface area contributed by atoms with Crippen molar-refractivity contribution in [3.05, 3.63) is 35.9 Å². The van der Waals surface area contributed by atoms with E-state index in [-0.39, 0.29) is 19.4 Å². The molecule has 0 bridgehead atoms. The molecule has 0 saturated carbocycles. The van der Waals surface area contributed by atoms with Crippen molar-refractivity contribution in [2.24, 2.45) is 0 Å². The number of hydrogen-bond donors (Lipinski definition) is 1. The molecule has 0 aliphatic heterocycles. The van der Waals surface area contributed by atoms with Crippen molar-refractivity contribution in [2.45, 2.75) is 26.1 Å². The number of ether oxygens (including phenoxy) is 3. The Hall–Kier alpha value is -2.57. The van der Waals surface area contributed by atoms with Gasteiger partial charge < -0.3 is 19.3 Å². The van der Waals surface area contributed by atoms with E-state index in [4.69, 9.17) is 14.6 Å². The molecule has 0 aliphatic rings. The lowest BCUT2D eigenvalue weighted by molar-refractivity contribution is -0.137. The zero-order chi connectivity index (χ0) is 15.7. The third-order valence-corrected chi connectivity index (χ3v) is 2.30.